The lowest BCUT2D eigenvalue weighted by atomic mass is 10.1. The summed E-state index contributed by atoms with van der Waals surface area (Å²) in [7, 11) is 5.51. The van der Waals surface area contributed by atoms with Crippen molar-refractivity contribution in [3.63, 3.8) is 0 Å². The quantitative estimate of drug-likeness (QED) is 0.0281. The zero-order chi connectivity index (χ0) is 47.0. The number of aliphatic carboxylic acids is 1. The molecule has 0 fully saturated rings. The molecular formula is C56H98NO7+. The van der Waals surface area contributed by atoms with Gasteiger partial charge in [-0.1, -0.05) is 183 Å². The fourth-order valence-corrected chi connectivity index (χ4v) is 7.29. The molecule has 1 N–H and O–H groups in total. The van der Waals surface area contributed by atoms with Crippen LogP contribution in [0.1, 0.15) is 213 Å². The fraction of sp³-hybridized carbons (Fsp3) is 0.732. The largest absolute Gasteiger partial charge is 0.477 e. The van der Waals surface area contributed by atoms with E-state index >= 15 is 0 Å². The number of quaternary nitrogens is 1. The number of carboxylic acid groups (broad SMARTS) is 1. The van der Waals surface area contributed by atoms with Crippen molar-refractivity contribution in [2.24, 2.45) is 0 Å². The van der Waals surface area contributed by atoms with E-state index in [2.05, 4.69) is 86.8 Å². The van der Waals surface area contributed by atoms with Crippen LogP contribution in [0.2, 0.25) is 0 Å². The minimum absolute atomic E-state index is 0.0377. The number of hydrogen-bond donors (Lipinski definition) is 1. The van der Waals surface area contributed by atoms with Crippen LogP contribution in [0.4, 0.5) is 0 Å². The smallest absolute Gasteiger partial charge is 0.362 e. The first-order valence-corrected chi connectivity index (χ1v) is 26.0. The van der Waals surface area contributed by atoms with Crippen LogP contribution in [0, 0.1) is 0 Å². The highest BCUT2D eigenvalue weighted by atomic mass is 16.6. The molecule has 8 heteroatoms. The molecule has 0 rings (SSSR count). The first-order chi connectivity index (χ1) is 31.1. The average molecular weight is 897 g/mol. The molecule has 0 aromatic heterocycles. The Hall–Kier alpha value is -3.23. The van der Waals surface area contributed by atoms with Crippen LogP contribution in [-0.4, -0.2) is 80.6 Å². The van der Waals surface area contributed by atoms with E-state index in [-0.39, 0.29) is 42.7 Å². The van der Waals surface area contributed by atoms with Gasteiger partial charge in [0.1, 0.15) is 6.61 Å². The van der Waals surface area contributed by atoms with Gasteiger partial charge in [-0.15, -0.1) is 0 Å². The number of likely N-dealkylation sites (N-methyl/N-ethyl adjacent to an activating group) is 1. The predicted molar refractivity (Wildman–Crippen MR) is 270 cm³/mol. The Bertz CT molecular complexity index is 1270. The van der Waals surface area contributed by atoms with E-state index in [0.717, 1.165) is 57.8 Å². The van der Waals surface area contributed by atoms with Crippen molar-refractivity contribution in [3.05, 3.63) is 72.9 Å². The standard InChI is InChI=1S/C56H97NO7/c1-6-8-10-12-14-16-18-20-22-24-25-26-27-28-29-31-33-35-37-39-41-43-45-47-55(59)64-52(50-62-49-48-53(56(60)61)57(3,4)5)51-63-54(58)46-44-42-40-38-36-34-32-30-23-21-19-17-15-13-11-9-7-2/h15,17,21,23,25-26,28-29,32,34,38,40,52-53H,6-14,16,18-20,22,24,27,30-31,33,35-37,39,41-51H2,1-5H3/p+1/b17-15+,23-21+,26-25+,29-28+,34-32+,40-38+. The molecule has 368 valence electrons. The molecule has 2 atom stereocenters. The van der Waals surface area contributed by atoms with Gasteiger partial charge in [0.15, 0.2) is 12.1 Å². The van der Waals surface area contributed by atoms with Crippen LogP contribution in [0.5, 0.6) is 0 Å². The molecule has 0 heterocycles. The maximum Gasteiger partial charge on any atom is 0.362 e. The summed E-state index contributed by atoms with van der Waals surface area (Å²) in [5.41, 5.74) is 0. The van der Waals surface area contributed by atoms with Gasteiger partial charge in [-0.05, 0) is 83.5 Å². The predicted octanol–water partition coefficient (Wildman–Crippen LogP) is 15.1. The van der Waals surface area contributed by atoms with E-state index in [1.165, 1.54) is 116 Å². The van der Waals surface area contributed by atoms with Gasteiger partial charge < -0.3 is 23.8 Å². The Morgan fingerprint density at radius 3 is 1.30 bits per heavy atom. The molecule has 8 nitrogen and oxygen atoms in total. The number of carbonyl (C=O) groups excluding carboxylic acids is 2. The number of unbranched alkanes of at least 4 members (excludes halogenated alkanes) is 20. The van der Waals surface area contributed by atoms with Crippen LogP contribution < -0.4 is 0 Å². The Morgan fingerprint density at radius 1 is 0.469 bits per heavy atom. The number of rotatable bonds is 46. The summed E-state index contributed by atoms with van der Waals surface area (Å²) in [5, 5.41) is 9.65. The lowest BCUT2D eigenvalue weighted by Gasteiger charge is -2.31. The van der Waals surface area contributed by atoms with E-state index in [9.17, 15) is 19.5 Å². The summed E-state index contributed by atoms with van der Waals surface area (Å²) in [6.45, 7) is 4.65. The first kappa shape index (κ1) is 60.8. The third-order valence-electron chi connectivity index (χ3n) is 11.3. The molecule has 0 saturated carbocycles. The van der Waals surface area contributed by atoms with Gasteiger partial charge >= 0.3 is 17.9 Å². The molecule has 0 aliphatic carbocycles. The monoisotopic (exact) mass is 897 g/mol. The van der Waals surface area contributed by atoms with Gasteiger partial charge in [0.2, 0.25) is 0 Å². The Balaban J connectivity index is 4.33. The molecule has 0 saturated heterocycles. The summed E-state index contributed by atoms with van der Waals surface area (Å²) in [4.78, 5) is 37.1. The Labute approximate surface area is 393 Å². The van der Waals surface area contributed by atoms with Crippen molar-refractivity contribution in [3.8, 4) is 0 Å². The van der Waals surface area contributed by atoms with Crippen molar-refractivity contribution in [1.82, 2.24) is 0 Å². The maximum atomic E-state index is 12.8. The van der Waals surface area contributed by atoms with Crippen LogP contribution in [-0.2, 0) is 28.6 Å². The molecule has 0 aliphatic heterocycles. The SMILES string of the molecule is CCCCC/C=C/C/C=C/C/C=C/C/C=C/CCCC(=O)OCC(COCCC(C(=O)O)[N+](C)(C)C)OC(=O)CCCCCCCCC/C=C/C/C=C/CCCCCCCCCCC. The summed E-state index contributed by atoms with van der Waals surface area (Å²) in [6.07, 6.45) is 59.6. The lowest BCUT2D eigenvalue weighted by Crippen LogP contribution is -2.50. The van der Waals surface area contributed by atoms with E-state index in [1.54, 1.807) is 0 Å². The maximum absolute atomic E-state index is 12.8. The third-order valence-corrected chi connectivity index (χ3v) is 11.3. The van der Waals surface area contributed by atoms with E-state index in [1.807, 2.05) is 21.1 Å². The van der Waals surface area contributed by atoms with Crippen LogP contribution in [0.15, 0.2) is 72.9 Å². The van der Waals surface area contributed by atoms with Gasteiger partial charge in [-0.25, -0.2) is 4.79 Å². The summed E-state index contributed by atoms with van der Waals surface area (Å²) < 4.78 is 17.3. The summed E-state index contributed by atoms with van der Waals surface area (Å²) in [5.74, 6) is -1.55. The van der Waals surface area contributed by atoms with Crippen molar-refractivity contribution in [1.29, 1.82) is 0 Å². The van der Waals surface area contributed by atoms with E-state index in [4.69, 9.17) is 14.2 Å². The molecule has 0 aliphatic rings. The Kier molecular flexibility index (Phi) is 44.0. The normalized spacial score (nSPS) is 13.5. The number of allylic oxidation sites excluding steroid dienone is 12. The van der Waals surface area contributed by atoms with Crippen molar-refractivity contribution in [2.75, 3.05) is 41.0 Å². The number of carbonyl (C=O) groups is 3. The van der Waals surface area contributed by atoms with Crippen LogP contribution in [0.25, 0.3) is 0 Å². The average Bonchev–Trinajstić information content (AvgIpc) is 3.26. The van der Waals surface area contributed by atoms with Gasteiger partial charge in [0.25, 0.3) is 0 Å². The van der Waals surface area contributed by atoms with Gasteiger partial charge in [0.05, 0.1) is 34.4 Å². The number of esters is 2. The second-order valence-electron chi connectivity index (χ2n) is 18.4. The number of carboxylic acids is 1. The molecule has 64 heavy (non-hydrogen) atoms. The minimum Gasteiger partial charge on any atom is -0.477 e. The van der Waals surface area contributed by atoms with E-state index in [0.29, 0.717) is 19.3 Å². The fourth-order valence-electron chi connectivity index (χ4n) is 7.29. The van der Waals surface area contributed by atoms with Gasteiger partial charge in [0, 0.05) is 19.3 Å². The molecule has 0 aromatic rings. The first-order valence-electron chi connectivity index (χ1n) is 26.0. The third kappa shape index (κ3) is 44.0. The highest BCUT2D eigenvalue weighted by Crippen LogP contribution is 2.14. The summed E-state index contributed by atoms with van der Waals surface area (Å²) >= 11 is 0. The molecule has 0 radical (unpaired) electrons. The summed E-state index contributed by atoms with van der Waals surface area (Å²) in [6, 6.07) is -0.628. The van der Waals surface area contributed by atoms with Gasteiger partial charge in [-0.2, -0.15) is 0 Å². The molecule has 0 spiro atoms. The number of hydrogen-bond acceptors (Lipinski definition) is 6. The molecular weight excluding hydrogens is 799 g/mol. The Morgan fingerprint density at radius 2 is 0.844 bits per heavy atom. The molecule has 0 aromatic carbocycles. The number of ether oxygens (including phenoxy) is 3. The second kappa shape index (κ2) is 46.3. The van der Waals surface area contributed by atoms with Gasteiger partial charge in [-0.3, -0.25) is 9.59 Å². The van der Waals surface area contributed by atoms with Crippen molar-refractivity contribution in [2.45, 2.75) is 225 Å². The lowest BCUT2D eigenvalue weighted by molar-refractivity contribution is -0.887. The topological polar surface area (TPSA) is 99.1 Å². The highest BCUT2D eigenvalue weighted by Gasteiger charge is 2.31. The molecule has 2 unspecified atom stereocenters. The highest BCUT2D eigenvalue weighted by molar-refractivity contribution is 5.72. The second-order valence-corrected chi connectivity index (χ2v) is 18.4. The molecule has 0 amide bonds. The zero-order valence-electron chi connectivity index (χ0n) is 42.0. The number of nitrogens with zero attached hydrogens (tertiary/aromatic N) is 1. The van der Waals surface area contributed by atoms with Crippen molar-refractivity contribution >= 4 is 17.9 Å². The molecule has 0 bridgehead atoms. The zero-order valence-corrected chi connectivity index (χ0v) is 42.0. The van der Waals surface area contributed by atoms with Crippen LogP contribution in [0.3, 0.4) is 0 Å². The van der Waals surface area contributed by atoms with Crippen molar-refractivity contribution < 1.29 is 38.2 Å². The minimum atomic E-state index is -0.885. The van der Waals surface area contributed by atoms with E-state index < -0.39 is 18.1 Å². The van der Waals surface area contributed by atoms with Crippen LogP contribution >= 0.6 is 0 Å².